The lowest BCUT2D eigenvalue weighted by molar-refractivity contribution is 0.654. The van der Waals surface area contributed by atoms with Gasteiger partial charge in [-0.05, 0) is 88.0 Å². The van der Waals surface area contributed by atoms with Crippen LogP contribution in [-0.4, -0.2) is 9.97 Å². The molecule has 3 heteroatoms. The predicted molar refractivity (Wildman–Crippen MR) is 153 cm³/mol. The van der Waals surface area contributed by atoms with Gasteiger partial charge in [-0.15, -0.1) is 0 Å². The van der Waals surface area contributed by atoms with Crippen molar-refractivity contribution in [1.82, 2.24) is 9.97 Å². The van der Waals surface area contributed by atoms with E-state index in [9.17, 15) is 0 Å². The Kier molecular flexibility index (Phi) is 5.07. The molecule has 4 aromatic carbocycles. The molecule has 0 saturated carbocycles. The van der Waals surface area contributed by atoms with Crippen LogP contribution < -0.4 is 0 Å². The van der Waals surface area contributed by atoms with Crippen molar-refractivity contribution in [2.45, 2.75) is 13.3 Å². The monoisotopic (exact) mass is 476 g/mol. The van der Waals surface area contributed by atoms with Gasteiger partial charge in [-0.25, -0.2) is 4.98 Å². The second kappa shape index (κ2) is 8.72. The number of furan rings is 1. The molecule has 0 saturated heterocycles. The zero-order valence-corrected chi connectivity index (χ0v) is 20.5. The number of aromatic nitrogens is 2. The van der Waals surface area contributed by atoms with Crippen LogP contribution in [-0.2, 0) is 6.42 Å². The summed E-state index contributed by atoms with van der Waals surface area (Å²) in [5.41, 5.74) is 9.59. The van der Waals surface area contributed by atoms with Crippen molar-refractivity contribution in [2.75, 3.05) is 0 Å². The summed E-state index contributed by atoms with van der Waals surface area (Å²) in [5.74, 6) is 0. The molecule has 37 heavy (non-hydrogen) atoms. The Labute approximate surface area is 215 Å². The highest BCUT2D eigenvalue weighted by atomic mass is 16.3. The Morgan fingerprint density at radius 3 is 2.08 bits per heavy atom. The molecule has 0 aliphatic carbocycles. The van der Waals surface area contributed by atoms with Gasteiger partial charge < -0.3 is 4.42 Å². The molecule has 0 N–H and O–H groups in total. The van der Waals surface area contributed by atoms with Gasteiger partial charge in [-0.2, -0.15) is 0 Å². The van der Waals surface area contributed by atoms with Gasteiger partial charge in [0, 0.05) is 34.3 Å². The van der Waals surface area contributed by atoms with Crippen LogP contribution in [0, 0.1) is 0 Å². The molecule has 176 valence electrons. The van der Waals surface area contributed by atoms with Gasteiger partial charge in [-0.3, -0.25) is 4.98 Å². The Morgan fingerprint density at radius 1 is 0.595 bits per heavy atom. The van der Waals surface area contributed by atoms with Crippen molar-refractivity contribution in [3.8, 4) is 33.5 Å². The van der Waals surface area contributed by atoms with Crippen LogP contribution in [0.5, 0.6) is 0 Å². The third-order valence-electron chi connectivity index (χ3n) is 7.18. The first-order valence-corrected chi connectivity index (χ1v) is 12.6. The van der Waals surface area contributed by atoms with E-state index in [1.54, 1.807) is 6.20 Å². The number of benzene rings is 4. The van der Waals surface area contributed by atoms with Gasteiger partial charge in [0.2, 0.25) is 5.71 Å². The minimum Gasteiger partial charge on any atom is -0.438 e. The largest absolute Gasteiger partial charge is 0.438 e. The van der Waals surface area contributed by atoms with Crippen molar-refractivity contribution < 1.29 is 4.42 Å². The molecule has 0 aliphatic rings. The lowest BCUT2D eigenvalue weighted by atomic mass is 9.97. The third kappa shape index (κ3) is 3.85. The number of rotatable bonds is 4. The lowest BCUT2D eigenvalue weighted by Gasteiger charge is -2.08. The number of hydrogen-bond donors (Lipinski definition) is 0. The molecular formula is C34H24N2O. The molecule has 0 amide bonds. The number of hydrogen-bond acceptors (Lipinski definition) is 3. The summed E-state index contributed by atoms with van der Waals surface area (Å²) in [7, 11) is 0. The highest BCUT2D eigenvalue weighted by Crippen LogP contribution is 2.32. The molecule has 0 spiro atoms. The maximum Gasteiger partial charge on any atom is 0.227 e. The summed E-state index contributed by atoms with van der Waals surface area (Å²) in [6.07, 6.45) is 4.77. The summed E-state index contributed by atoms with van der Waals surface area (Å²) in [6, 6.07) is 36.6. The molecule has 0 unspecified atom stereocenters. The molecule has 0 radical (unpaired) electrons. The van der Waals surface area contributed by atoms with Crippen LogP contribution in [0.4, 0.5) is 0 Å². The van der Waals surface area contributed by atoms with E-state index in [0.29, 0.717) is 5.71 Å². The first-order valence-electron chi connectivity index (χ1n) is 12.6. The molecule has 0 bridgehead atoms. The van der Waals surface area contributed by atoms with E-state index in [4.69, 9.17) is 9.40 Å². The summed E-state index contributed by atoms with van der Waals surface area (Å²) in [5, 5.41) is 4.54. The highest BCUT2D eigenvalue weighted by molar-refractivity contribution is 6.04. The second-order valence-corrected chi connectivity index (χ2v) is 9.43. The van der Waals surface area contributed by atoms with E-state index in [0.717, 1.165) is 45.2 Å². The fraction of sp³-hybridized carbons (Fsp3) is 0.0588. The molecule has 0 atom stereocenters. The number of aryl methyl sites for hydroxylation is 1. The Morgan fingerprint density at radius 2 is 1.32 bits per heavy atom. The van der Waals surface area contributed by atoms with Crippen LogP contribution in [0.3, 0.4) is 0 Å². The van der Waals surface area contributed by atoms with E-state index < -0.39 is 0 Å². The fourth-order valence-corrected chi connectivity index (χ4v) is 5.04. The first-order chi connectivity index (χ1) is 18.2. The minimum atomic E-state index is 0.662. The van der Waals surface area contributed by atoms with E-state index in [1.165, 1.54) is 27.5 Å². The van der Waals surface area contributed by atoms with Crippen LogP contribution in [0.25, 0.3) is 66.4 Å². The topological polar surface area (TPSA) is 38.9 Å². The zero-order chi connectivity index (χ0) is 24.8. The predicted octanol–water partition coefficient (Wildman–Crippen LogP) is 9.09. The van der Waals surface area contributed by atoms with Gasteiger partial charge in [0.1, 0.15) is 5.58 Å². The van der Waals surface area contributed by atoms with E-state index in [-0.39, 0.29) is 0 Å². The van der Waals surface area contributed by atoms with E-state index >= 15 is 0 Å². The van der Waals surface area contributed by atoms with Crippen molar-refractivity contribution in [2.24, 2.45) is 0 Å². The maximum absolute atomic E-state index is 5.87. The molecule has 3 heterocycles. The van der Waals surface area contributed by atoms with E-state index in [1.807, 2.05) is 24.4 Å². The molecule has 0 fully saturated rings. The Bertz CT molecular complexity index is 1900. The van der Waals surface area contributed by atoms with Gasteiger partial charge in [0.05, 0.1) is 5.69 Å². The van der Waals surface area contributed by atoms with Gasteiger partial charge in [-0.1, -0.05) is 61.5 Å². The average Bonchev–Trinajstić information content (AvgIpc) is 3.35. The van der Waals surface area contributed by atoms with Gasteiger partial charge in [0.15, 0.2) is 0 Å². The van der Waals surface area contributed by atoms with Crippen molar-refractivity contribution in [1.29, 1.82) is 0 Å². The minimum absolute atomic E-state index is 0.662. The highest BCUT2D eigenvalue weighted by Gasteiger charge is 2.10. The SMILES string of the molecule is CCc1ccc(-c2ccc3ccc(-c4ccc(-c5ccc6oc7ncccc7c6c5)nc4)cc3c2)cc1. The molecule has 3 nitrogen and oxygen atoms in total. The van der Waals surface area contributed by atoms with Crippen LogP contribution in [0.15, 0.2) is 120 Å². The van der Waals surface area contributed by atoms with Crippen molar-refractivity contribution in [3.05, 3.63) is 121 Å². The second-order valence-electron chi connectivity index (χ2n) is 9.43. The zero-order valence-electron chi connectivity index (χ0n) is 20.5. The number of fused-ring (bicyclic) bond motifs is 4. The van der Waals surface area contributed by atoms with Crippen molar-refractivity contribution in [3.63, 3.8) is 0 Å². The summed E-state index contributed by atoms with van der Waals surface area (Å²) in [4.78, 5) is 9.15. The Balaban J connectivity index is 1.22. The molecule has 7 rings (SSSR count). The number of pyridine rings is 2. The Hall–Kier alpha value is -4.76. The number of nitrogens with zero attached hydrogens (tertiary/aromatic N) is 2. The standard InChI is InChI=1S/C34H24N2O/c1-2-22-5-7-23(8-6-22)25-11-9-24-10-12-26(19-29(24)18-25)28-13-15-32(36-21-28)27-14-16-33-31(20-27)30-4-3-17-35-34(30)37-33/h3-21H,2H2,1H3. The van der Waals surface area contributed by atoms with Gasteiger partial charge in [0.25, 0.3) is 0 Å². The van der Waals surface area contributed by atoms with Crippen LogP contribution >= 0.6 is 0 Å². The fourth-order valence-electron chi connectivity index (χ4n) is 5.04. The van der Waals surface area contributed by atoms with E-state index in [2.05, 4.69) is 96.8 Å². The quantitative estimate of drug-likeness (QED) is 0.254. The summed E-state index contributed by atoms with van der Waals surface area (Å²) < 4.78 is 5.87. The van der Waals surface area contributed by atoms with Crippen LogP contribution in [0.1, 0.15) is 12.5 Å². The molecule has 7 aromatic rings. The third-order valence-corrected chi connectivity index (χ3v) is 7.18. The normalized spacial score (nSPS) is 11.5. The van der Waals surface area contributed by atoms with Gasteiger partial charge >= 0.3 is 0 Å². The molecular weight excluding hydrogens is 452 g/mol. The summed E-state index contributed by atoms with van der Waals surface area (Å²) in [6.45, 7) is 2.19. The lowest BCUT2D eigenvalue weighted by Crippen LogP contribution is -1.86. The molecule has 3 aromatic heterocycles. The smallest absolute Gasteiger partial charge is 0.227 e. The summed E-state index contributed by atoms with van der Waals surface area (Å²) >= 11 is 0. The average molecular weight is 477 g/mol. The molecule has 0 aliphatic heterocycles. The van der Waals surface area contributed by atoms with Crippen molar-refractivity contribution >= 4 is 32.8 Å². The van der Waals surface area contributed by atoms with Crippen LogP contribution in [0.2, 0.25) is 0 Å². The maximum atomic E-state index is 5.87. The first kappa shape index (κ1) is 21.5.